The summed E-state index contributed by atoms with van der Waals surface area (Å²) in [7, 11) is 1.52. The first-order chi connectivity index (χ1) is 14.9. The number of aryl methyl sites for hydroxylation is 2. The highest BCUT2D eigenvalue weighted by molar-refractivity contribution is 7.15. The molecule has 4 rings (SSSR count). The highest BCUT2D eigenvalue weighted by Gasteiger charge is 2.28. The molecule has 3 aromatic rings. The second kappa shape index (κ2) is 8.60. The minimum Gasteiger partial charge on any atom is -0.494 e. The number of carboxylic acids is 1. The van der Waals surface area contributed by atoms with Gasteiger partial charge in [-0.2, -0.15) is 0 Å². The summed E-state index contributed by atoms with van der Waals surface area (Å²) >= 11 is 7.40. The van der Waals surface area contributed by atoms with Crippen LogP contribution in [0.4, 0.5) is 5.13 Å². The van der Waals surface area contributed by atoms with Gasteiger partial charge in [-0.1, -0.05) is 11.6 Å². The predicted octanol–water partition coefficient (Wildman–Crippen LogP) is 4.01. The van der Waals surface area contributed by atoms with Gasteiger partial charge in [0, 0.05) is 27.9 Å². The quantitative estimate of drug-likeness (QED) is 0.555. The topological polar surface area (TPSA) is 114 Å². The number of carbonyl (C=O) groups excluding carboxylic acids is 1. The van der Waals surface area contributed by atoms with Crippen LogP contribution in [0.2, 0.25) is 5.15 Å². The number of anilines is 1. The molecule has 1 atom stereocenters. The number of nitrogens with one attached hydrogen (secondary N) is 1. The first kappa shape index (κ1) is 21.2. The fraction of sp³-hybridized carbons (Fsp3) is 0.286. The van der Waals surface area contributed by atoms with Crippen LogP contribution >= 0.6 is 22.9 Å². The summed E-state index contributed by atoms with van der Waals surface area (Å²) in [5, 5.41) is 12.8. The van der Waals surface area contributed by atoms with Crippen molar-refractivity contribution < 1.29 is 19.4 Å². The largest absolute Gasteiger partial charge is 0.494 e. The molecular formula is C21H19ClN4O4S. The van der Waals surface area contributed by atoms with Crippen molar-refractivity contribution in [2.24, 2.45) is 5.92 Å². The molecule has 1 aliphatic rings. The average molecular weight is 459 g/mol. The van der Waals surface area contributed by atoms with Gasteiger partial charge in [-0.3, -0.25) is 19.9 Å². The molecule has 8 nitrogen and oxygen atoms in total. The summed E-state index contributed by atoms with van der Waals surface area (Å²) in [6.45, 7) is 1.83. The van der Waals surface area contributed by atoms with Gasteiger partial charge in [0.05, 0.1) is 30.5 Å². The van der Waals surface area contributed by atoms with Crippen molar-refractivity contribution in [2.75, 3.05) is 12.4 Å². The molecule has 0 aliphatic heterocycles. The van der Waals surface area contributed by atoms with Crippen LogP contribution in [0.1, 0.15) is 33.0 Å². The average Bonchev–Trinajstić information content (AvgIpc) is 3.14. The van der Waals surface area contributed by atoms with Gasteiger partial charge in [0.15, 0.2) is 5.13 Å². The van der Waals surface area contributed by atoms with Gasteiger partial charge in [-0.25, -0.2) is 9.97 Å². The monoisotopic (exact) mass is 458 g/mol. The number of fused-ring (bicyclic) bond motifs is 1. The maximum absolute atomic E-state index is 13.1. The van der Waals surface area contributed by atoms with Gasteiger partial charge in [0.25, 0.3) is 5.91 Å². The minimum absolute atomic E-state index is 0.275. The minimum atomic E-state index is -0.801. The lowest BCUT2D eigenvalue weighted by Crippen LogP contribution is -2.21. The third-order valence-corrected chi connectivity index (χ3v) is 6.38. The summed E-state index contributed by atoms with van der Waals surface area (Å²) in [6.07, 6.45) is 4.57. The molecule has 0 spiro atoms. The van der Waals surface area contributed by atoms with Crippen LogP contribution in [0.15, 0.2) is 24.5 Å². The first-order valence-electron chi connectivity index (χ1n) is 9.55. The Balaban J connectivity index is 1.65. The molecule has 31 heavy (non-hydrogen) atoms. The van der Waals surface area contributed by atoms with Crippen molar-refractivity contribution in [1.29, 1.82) is 0 Å². The number of methoxy groups -OCH3 is 1. The second-order valence-electron chi connectivity index (χ2n) is 7.20. The highest BCUT2D eigenvalue weighted by atomic mass is 35.5. The van der Waals surface area contributed by atoms with E-state index in [1.807, 2.05) is 6.92 Å². The standard InChI is InChI=1S/C21H19ClN4O4S/c1-10-5-12(13-7-18(22)24-9-16(13)30-2)14(8-23-10)19(27)26-21-25-15-4-3-11(20(28)29)6-17(15)31-21/h5,7-9,11H,3-4,6H2,1-2H3,(H,28,29)(H,25,26,27). The number of thiazole rings is 1. The fourth-order valence-electron chi connectivity index (χ4n) is 3.56. The third-order valence-electron chi connectivity index (χ3n) is 5.14. The van der Waals surface area contributed by atoms with E-state index in [9.17, 15) is 14.7 Å². The van der Waals surface area contributed by atoms with Crippen molar-refractivity contribution in [3.05, 3.63) is 51.5 Å². The number of halogens is 1. The van der Waals surface area contributed by atoms with Crippen molar-refractivity contribution >= 4 is 39.9 Å². The molecule has 1 unspecified atom stereocenters. The summed E-state index contributed by atoms with van der Waals surface area (Å²) in [5.41, 5.74) is 3.15. The number of aromatic nitrogens is 3. The number of hydrogen-bond donors (Lipinski definition) is 2. The number of nitrogens with zero attached hydrogens (tertiary/aromatic N) is 3. The molecule has 0 bridgehead atoms. The smallest absolute Gasteiger partial charge is 0.306 e. The molecule has 2 N–H and O–H groups in total. The van der Waals surface area contributed by atoms with E-state index in [0.717, 1.165) is 16.3 Å². The molecule has 0 saturated carbocycles. The summed E-state index contributed by atoms with van der Waals surface area (Å²) in [6, 6.07) is 3.42. The van der Waals surface area contributed by atoms with Gasteiger partial charge < -0.3 is 9.84 Å². The van der Waals surface area contributed by atoms with E-state index in [0.29, 0.717) is 46.8 Å². The Morgan fingerprint density at radius 3 is 2.81 bits per heavy atom. The van der Waals surface area contributed by atoms with E-state index in [2.05, 4.69) is 20.3 Å². The molecule has 10 heteroatoms. The zero-order chi connectivity index (χ0) is 22.1. The normalized spacial score (nSPS) is 15.3. The zero-order valence-electron chi connectivity index (χ0n) is 16.8. The molecule has 3 heterocycles. The molecule has 0 saturated heterocycles. The number of pyridine rings is 2. The second-order valence-corrected chi connectivity index (χ2v) is 8.67. The van der Waals surface area contributed by atoms with E-state index in [1.54, 1.807) is 12.1 Å². The zero-order valence-corrected chi connectivity index (χ0v) is 18.4. The summed E-state index contributed by atoms with van der Waals surface area (Å²) in [4.78, 5) is 38.1. The Morgan fingerprint density at radius 1 is 1.26 bits per heavy atom. The maximum Gasteiger partial charge on any atom is 0.306 e. The molecule has 1 amide bonds. The van der Waals surface area contributed by atoms with Crippen LogP contribution in [0, 0.1) is 12.8 Å². The van der Waals surface area contributed by atoms with Gasteiger partial charge in [-0.05, 0) is 38.3 Å². The fourth-order valence-corrected chi connectivity index (χ4v) is 4.80. The van der Waals surface area contributed by atoms with Gasteiger partial charge in [0.2, 0.25) is 0 Å². The van der Waals surface area contributed by atoms with Crippen LogP contribution in [0.5, 0.6) is 5.75 Å². The molecule has 0 aromatic carbocycles. The molecule has 1 aliphatic carbocycles. The number of carbonyl (C=O) groups is 2. The third kappa shape index (κ3) is 4.38. The van der Waals surface area contributed by atoms with Crippen LogP contribution in [0.3, 0.4) is 0 Å². The molecule has 0 radical (unpaired) electrons. The molecule has 3 aromatic heterocycles. The van der Waals surface area contributed by atoms with E-state index in [-0.39, 0.29) is 11.1 Å². The lowest BCUT2D eigenvalue weighted by molar-refractivity contribution is -0.142. The van der Waals surface area contributed by atoms with Crippen molar-refractivity contribution in [3.8, 4) is 16.9 Å². The van der Waals surface area contributed by atoms with Crippen LogP contribution in [0.25, 0.3) is 11.1 Å². The Labute approximate surface area is 187 Å². The van der Waals surface area contributed by atoms with E-state index >= 15 is 0 Å². The van der Waals surface area contributed by atoms with Crippen LogP contribution in [-0.2, 0) is 17.6 Å². The molecule has 160 valence electrons. The Bertz CT molecular complexity index is 1180. The number of carboxylic acid groups (broad SMARTS) is 1. The van der Waals surface area contributed by atoms with Gasteiger partial charge in [-0.15, -0.1) is 11.3 Å². The van der Waals surface area contributed by atoms with Crippen molar-refractivity contribution in [1.82, 2.24) is 15.0 Å². The summed E-state index contributed by atoms with van der Waals surface area (Å²) < 4.78 is 5.40. The van der Waals surface area contributed by atoms with E-state index in [4.69, 9.17) is 16.3 Å². The molecule has 0 fully saturated rings. The molecular weight excluding hydrogens is 440 g/mol. The van der Waals surface area contributed by atoms with Crippen LogP contribution < -0.4 is 10.1 Å². The number of ether oxygens (including phenoxy) is 1. The Kier molecular flexibility index (Phi) is 5.88. The summed E-state index contributed by atoms with van der Waals surface area (Å²) in [5.74, 6) is -1.11. The van der Waals surface area contributed by atoms with E-state index < -0.39 is 11.9 Å². The highest BCUT2D eigenvalue weighted by Crippen LogP contribution is 2.35. The maximum atomic E-state index is 13.1. The predicted molar refractivity (Wildman–Crippen MR) is 117 cm³/mol. The Hall–Kier alpha value is -3.04. The number of amides is 1. The number of aliphatic carboxylic acids is 1. The van der Waals surface area contributed by atoms with Crippen molar-refractivity contribution in [2.45, 2.75) is 26.2 Å². The van der Waals surface area contributed by atoms with E-state index in [1.165, 1.54) is 30.8 Å². The number of hydrogen-bond acceptors (Lipinski definition) is 7. The van der Waals surface area contributed by atoms with Crippen LogP contribution in [-0.4, -0.2) is 39.0 Å². The number of rotatable bonds is 5. The Morgan fingerprint density at radius 2 is 2.06 bits per heavy atom. The van der Waals surface area contributed by atoms with Gasteiger partial charge in [0.1, 0.15) is 10.9 Å². The lowest BCUT2D eigenvalue weighted by atomic mass is 9.91. The lowest BCUT2D eigenvalue weighted by Gasteiger charge is -2.16. The first-order valence-corrected chi connectivity index (χ1v) is 10.7. The SMILES string of the molecule is COc1cnc(Cl)cc1-c1cc(C)ncc1C(=O)Nc1nc2c(s1)CC(C(=O)O)CC2. The van der Waals surface area contributed by atoms with Crippen molar-refractivity contribution in [3.63, 3.8) is 0 Å². The van der Waals surface area contributed by atoms with Gasteiger partial charge >= 0.3 is 5.97 Å².